The van der Waals surface area contributed by atoms with Gasteiger partial charge in [-0.05, 0) is 0 Å². The molecule has 1 aromatic rings. The van der Waals surface area contributed by atoms with Gasteiger partial charge in [0, 0.05) is 0 Å². The highest BCUT2D eigenvalue weighted by Crippen LogP contribution is 2.46. The van der Waals surface area contributed by atoms with Gasteiger partial charge in [0.25, 0.3) is 0 Å². The maximum absolute atomic E-state index is 10.9. The average molecular weight is 295 g/mol. The standard InChI is InChI=1S/C8H14N3O7P/c9-2-1-10-7(11-2)5-3(12)4(13)6(18-5)8(14)19(15,16)17/h1,3-6,8,12-14H,9H2,(H,10,11)(H2,15,16,17)/t3-,4+,5?,6+,8?/m1/s1. The highest BCUT2D eigenvalue weighted by molar-refractivity contribution is 7.52. The molecule has 1 fully saturated rings. The first-order valence-electron chi connectivity index (χ1n) is 5.27. The second-order valence-electron chi connectivity index (χ2n) is 4.23. The molecule has 8 N–H and O–H groups in total. The van der Waals surface area contributed by atoms with Crippen LogP contribution in [0.5, 0.6) is 0 Å². The smallest absolute Gasteiger partial charge is 0.356 e. The summed E-state index contributed by atoms with van der Waals surface area (Å²) in [7, 11) is -4.88. The molecule has 0 spiro atoms. The van der Waals surface area contributed by atoms with E-state index in [1.54, 1.807) is 0 Å². The minimum absolute atomic E-state index is 0.0875. The summed E-state index contributed by atoms with van der Waals surface area (Å²) in [6, 6.07) is 0. The molecule has 1 saturated heterocycles. The van der Waals surface area contributed by atoms with Gasteiger partial charge in [-0.1, -0.05) is 0 Å². The molecule has 1 aliphatic heterocycles. The maximum atomic E-state index is 10.9. The van der Waals surface area contributed by atoms with Gasteiger partial charge in [-0.25, -0.2) is 4.98 Å². The SMILES string of the molecule is Nc1cnc(C2O[C@H](C(O)P(=O)(O)O)[C@@H](O)[C@H]2O)[nH]1. The molecule has 0 bridgehead atoms. The monoisotopic (exact) mass is 295 g/mol. The molecule has 0 aromatic carbocycles. The van der Waals surface area contributed by atoms with Gasteiger partial charge in [-0.15, -0.1) is 0 Å². The molecule has 2 rings (SSSR count). The molecule has 0 radical (unpaired) electrons. The number of anilines is 1. The predicted octanol–water partition coefficient (Wildman–Crippen LogP) is -2.35. The van der Waals surface area contributed by atoms with Crippen LogP contribution in [0.1, 0.15) is 11.9 Å². The Balaban J connectivity index is 2.21. The van der Waals surface area contributed by atoms with Gasteiger partial charge < -0.3 is 40.6 Å². The highest BCUT2D eigenvalue weighted by atomic mass is 31.2. The van der Waals surface area contributed by atoms with E-state index in [0.29, 0.717) is 0 Å². The van der Waals surface area contributed by atoms with Gasteiger partial charge in [0.05, 0.1) is 6.20 Å². The first-order chi connectivity index (χ1) is 8.71. The highest BCUT2D eigenvalue weighted by Gasteiger charge is 2.51. The first kappa shape index (κ1) is 14.4. The number of aliphatic hydroxyl groups is 3. The Kier molecular flexibility index (Phi) is 3.67. The Labute approximate surface area is 107 Å². The summed E-state index contributed by atoms with van der Waals surface area (Å²) in [5, 5.41) is 28.9. The number of nitrogen functional groups attached to an aromatic ring is 1. The van der Waals surface area contributed by atoms with Crippen LogP contribution in [0.15, 0.2) is 6.20 Å². The van der Waals surface area contributed by atoms with Crippen LogP contribution in [0.3, 0.4) is 0 Å². The van der Waals surface area contributed by atoms with Gasteiger partial charge in [0.2, 0.25) is 0 Å². The Morgan fingerprint density at radius 2 is 2.05 bits per heavy atom. The van der Waals surface area contributed by atoms with E-state index in [1.807, 2.05) is 0 Å². The molecule has 10 nitrogen and oxygen atoms in total. The molecule has 1 aromatic heterocycles. The van der Waals surface area contributed by atoms with E-state index < -0.39 is 37.9 Å². The van der Waals surface area contributed by atoms with E-state index in [2.05, 4.69) is 9.97 Å². The van der Waals surface area contributed by atoms with Crippen molar-refractivity contribution in [3.8, 4) is 0 Å². The number of aromatic amines is 1. The first-order valence-corrected chi connectivity index (χ1v) is 6.95. The third-order valence-corrected chi connectivity index (χ3v) is 3.81. The van der Waals surface area contributed by atoms with Crippen molar-refractivity contribution >= 4 is 13.4 Å². The van der Waals surface area contributed by atoms with E-state index in [-0.39, 0.29) is 11.6 Å². The number of imidazole rings is 1. The zero-order valence-electron chi connectivity index (χ0n) is 9.49. The van der Waals surface area contributed by atoms with Crippen LogP contribution in [-0.2, 0) is 9.30 Å². The number of nitrogens with one attached hydrogen (secondary N) is 1. The molecule has 108 valence electrons. The second-order valence-corrected chi connectivity index (χ2v) is 5.94. The van der Waals surface area contributed by atoms with Crippen LogP contribution in [-0.4, -0.2) is 59.2 Å². The van der Waals surface area contributed by atoms with Crippen molar-refractivity contribution in [2.45, 2.75) is 30.3 Å². The summed E-state index contributed by atoms with van der Waals surface area (Å²) >= 11 is 0. The number of ether oxygens (including phenoxy) is 1. The van der Waals surface area contributed by atoms with Crippen LogP contribution in [0.2, 0.25) is 0 Å². The van der Waals surface area contributed by atoms with Crippen molar-refractivity contribution in [2.24, 2.45) is 0 Å². The molecule has 0 aliphatic carbocycles. The Hall–Kier alpha value is -1.00. The van der Waals surface area contributed by atoms with E-state index in [4.69, 9.17) is 20.3 Å². The molecular weight excluding hydrogens is 281 g/mol. The zero-order valence-corrected chi connectivity index (χ0v) is 10.4. The quantitative estimate of drug-likeness (QED) is 0.300. The zero-order chi connectivity index (χ0) is 14.4. The van der Waals surface area contributed by atoms with Gasteiger partial charge in [0.15, 0.2) is 5.85 Å². The lowest BCUT2D eigenvalue weighted by Gasteiger charge is -2.21. The van der Waals surface area contributed by atoms with Crippen LogP contribution < -0.4 is 5.73 Å². The number of nitrogens with zero attached hydrogens (tertiary/aromatic N) is 1. The molecule has 2 heterocycles. The number of hydrogen-bond acceptors (Lipinski definition) is 7. The Bertz CT molecular complexity index is 502. The lowest BCUT2D eigenvalue weighted by atomic mass is 10.1. The molecule has 19 heavy (non-hydrogen) atoms. The topological polar surface area (TPSA) is 182 Å². The average Bonchev–Trinajstić information content (AvgIpc) is 2.84. The number of nitrogens with two attached hydrogens (primary N) is 1. The van der Waals surface area contributed by atoms with Crippen molar-refractivity contribution in [1.82, 2.24) is 9.97 Å². The predicted molar refractivity (Wildman–Crippen MR) is 60.7 cm³/mol. The third kappa shape index (κ3) is 2.65. The number of hydrogen-bond donors (Lipinski definition) is 7. The minimum atomic E-state index is -4.88. The lowest BCUT2D eigenvalue weighted by Crippen LogP contribution is -2.38. The number of aliphatic hydroxyl groups excluding tert-OH is 3. The van der Waals surface area contributed by atoms with E-state index in [9.17, 15) is 19.9 Å². The van der Waals surface area contributed by atoms with E-state index in [0.717, 1.165) is 0 Å². The number of aromatic nitrogens is 2. The Morgan fingerprint density at radius 3 is 2.53 bits per heavy atom. The lowest BCUT2D eigenvalue weighted by molar-refractivity contribution is -0.0464. The largest absolute Gasteiger partial charge is 0.387 e. The van der Waals surface area contributed by atoms with Crippen molar-refractivity contribution < 1.29 is 34.4 Å². The van der Waals surface area contributed by atoms with Crippen LogP contribution in [0, 0.1) is 0 Å². The van der Waals surface area contributed by atoms with Crippen LogP contribution in [0.25, 0.3) is 0 Å². The van der Waals surface area contributed by atoms with E-state index >= 15 is 0 Å². The number of rotatable bonds is 3. The van der Waals surface area contributed by atoms with Crippen LogP contribution in [0.4, 0.5) is 5.82 Å². The molecule has 0 amide bonds. The Morgan fingerprint density at radius 1 is 1.42 bits per heavy atom. The van der Waals surface area contributed by atoms with Gasteiger partial charge in [0.1, 0.15) is 36.1 Å². The van der Waals surface area contributed by atoms with Gasteiger partial charge in [-0.2, -0.15) is 0 Å². The van der Waals surface area contributed by atoms with Gasteiger partial charge >= 0.3 is 7.60 Å². The van der Waals surface area contributed by atoms with Crippen molar-refractivity contribution in [3.05, 3.63) is 12.0 Å². The van der Waals surface area contributed by atoms with Crippen LogP contribution >= 0.6 is 7.60 Å². The summed E-state index contributed by atoms with van der Waals surface area (Å²) in [5.74, 6) is -1.96. The summed E-state index contributed by atoms with van der Waals surface area (Å²) < 4.78 is 16.0. The second kappa shape index (κ2) is 4.84. The van der Waals surface area contributed by atoms with Crippen molar-refractivity contribution in [1.29, 1.82) is 0 Å². The molecule has 0 saturated carbocycles. The summed E-state index contributed by atoms with van der Waals surface area (Å²) in [4.78, 5) is 24.1. The molecule has 2 unspecified atom stereocenters. The fourth-order valence-electron chi connectivity index (χ4n) is 1.86. The molecule has 11 heteroatoms. The molecule has 5 atom stereocenters. The third-order valence-electron chi connectivity index (χ3n) is 2.82. The molecular formula is C8H14N3O7P. The van der Waals surface area contributed by atoms with E-state index in [1.165, 1.54) is 6.20 Å². The molecule has 1 aliphatic rings. The fraction of sp³-hybridized carbons (Fsp3) is 0.625. The van der Waals surface area contributed by atoms with Crippen molar-refractivity contribution in [2.75, 3.05) is 5.73 Å². The van der Waals surface area contributed by atoms with Gasteiger partial charge in [-0.3, -0.25) is 4.57 Å². The van der Waals surface area contributed by atoms with Crippen molar-refractivity contribution in [3.63, 3.8) is 0 Å². The number of H-pyrrole nitrogens is 1. The summed E-state index contributed by atoms with van der Waals surface area (Å²) in [6.07, 6.45) is -4.72. The summed E-state index contributed by atoms with van der Waals surface area (Å²) in [5.41, 5.74) is 5.40. The normalized spacial score (nSPS) is 33.5. The fourth-order valence-corrected chi connectivity index (χ4v) is 2.49. The maximum Gasteiger partial charge on any atom is 0.356 e. The minimum Gasteiger partial charge on any atom is -0.387 e. The summed E-state index contributed by atoms with van der Waals surface area (Å²) in [6.45, 7) is 0.